The van der Waals surface area contributed by atoms with Gasteiger partial charge in [-0.25, -0.2) is 4.79 Å². The molecule has 4 nitrogen and oxygen atoms in total. The molecule has 0 amide bonds. The van der Waals surface area contributed by atoms with Crippen molar-refractivity contribution >= 4 is 23.4 Å². The summed E-state index contributed by atoms with van der Waals surface area (Å²) in [6.07, 6.45) is 2.85. The van der Waals surface area contributed by atoms with Gasteiger partial charge in [0.2, 0.25) is 0 Å². The van der Waals surface area contributed by atoms with Crippen LogP contribution >= 0.6 is 11.3 Å². The highest BCUT2D eigenvalue weighted by molar-refractivity contribution is 7.12. The molecule has 1 N–H and O–H groups in total. The second-order valence-corrected chi connectivity index (χ2v) is 7.61. The number of hydrogen-bond donors (Lipinski definition) is 1. The van der Waals surface area contributed by atoms with E-state index in [0.717, 1.165) is 37.6 Å². The van der Waals surface area contributed by atoms with Gasteiger partial charge in [-0.15, -0.1) is 11.3 Å². The first-order chi connectivity index (χ1) is 9.84. The maximum absolute atomic E-state index is 10.5. The first kappa shape index (κ1) is 16.2. The zero-order valence-electron chi connectivity index (χ0n) is 13.0. The highest BCUT2D eigenvalue weighted by Crippen LogP contribution is 2.21. The van der Waals surface area contributed by atoms with Crippen molar-refractivity contribution in [3.05, 3.63) is 28.0 Å². The Labute approximate surface area is 130 Å². The van der Waals surface area contributed by atoms with Crippen LogP contribution in [0, 0.1) is 0 Å². The van der Waals surface area contributed by atoms with Gasteiger partial charge in [-0.3, -0.25) is 9.80 Å². The van der Waals surface area contributed by atoms with Crippen LogP contribution in [0.15, 0.2) is 18.2 Å². The fraction of sp³-hybridized carbons (Fsp3) is 0.562. The summed E-state index contributed by atoms with van der Waals surface area (Å²) >= 11 is 1.67. The first-order valence-electron chi connectivity index (χ1n) is 7.32. The van der Waals surface area contributed by atoms with Crippen molar-refractivity contribution in [3.8, 4) is 0 Å². The Balaban J connectivity index is 1.85. The van der Waals surface area contributed by atoms with Crippen molar-refractivity contribution in [1.29, 1.82) is 0 Å². The molecule has 0 radical (unpaired) electrons. The van der Waals surface area contributed by atoms with Crippen molar-refractivity contribution in [2.24, 2.45) is 0 Å². The Bertz CT molecular complexity index is 509. The molecule has 1 fully saturated rings. The fourth-order valence-corrected chi connectivity index (χ4v) is 3.48. The van der Waals surface area contributed by atoms with E-state index in [-0.39, 0.29) is 5.54 Å². The lowest BCUT2D eigenvalue weighted by Crippen LogP contribution is -2.53. The van der Waals surface area contributed by atoms with Gasteiger partial charge in [0.25, 0.3) is 0 Å². The van der Waals surface area contributed by atoms with Crippen LogP contribution in [0.3, 0.4) is 0 Å². The molecule has 1 saturated heterocycles. The summed E-state index contributed by atoms with van der Waals surface area (Å²) in [5, 5.41) is 8.64. The van der Waals surface area contributed by atoms with Crippen LogP contribution in [-0.4, -0.2) is 52.6 Å². The van der Waals surface area contributed by atoms with Gasteiger partial charge in [0, 0.05) is 54.1 Å². The molecule has 5 heteroatoms. The van der Waals surface area contributed by atoms with E-state index in [4.69, 9.17) is 5.11 Å². The Morgan fingerprint density at radius 1 is 1.29 bits per heavy atom. The maximum atomic E-state index is 10.5. The van der Waals surface area contributed by atoms with Crippen LogP contribution < -0.4 is 0 Å². The van der Waals surface area contributed by atoms with E-state index >= 15 is 0 Å². The zero-order chi connectivity index (χ0) is 15.5. The molecule has 0 bridgehead atoms. The van der Waals surface area contributed by atoms with Crippen molar-refractivity contribution < 1.29 is 9.90 Å². The molecule has 1 aromatic rings. The number of carboxylic acid groups (broad SMARTS) is 1. The van der Waals surface area contributed by atoms with Crippen LogP contribution in [0.1, 0.15) is 30.5 Å². The van der Waals surface area contributed by atoms with E-state index in [1.54, 1.807) is 17.4 Å². The highest BCUT2D eigenvalue weighted by Gasteiger charge is 2.25. The summed E-state index contributed by atoms with van der Waals surface area (Å²) in [6.45, 7) is 12.2. The molecule has 1 aliphatic heterocycles. The largest absolute Gasteiger partial charge is 0.478 e. The molecule has 0 spiro atoms. The monoisotopic (exact) mass is 308 g/mol. The number of aliphatic carboxylic acids is 1. The number of hydrogen-bond acceptors (Lipinski definition) is 4. The number of carboxylic acids is 1. The van der Waals surface area contributed by atoms with E-state index in [0.29, 0.717) is 0 Å². The van der Waals surface area contributed by atoms with Crippen molar-refractivity contribution in [2.75, 3.05) is 26.2 Å². The topological polar surface area (TPSA) is 43.8 Å². The molecule has 1 aliphatic rings. The van der Waals surface area contributed by atoms with Crippen LogP contribution in [-0.2, 0) is 11.3 Å². The second-order valence-electron chi connectivity index (χ2n) is 6.41. The van der Waals surface area contributed by atoms with E-state index in [2.05, 4.69) is 36.6 Å². The summed E-state index contributed by atoms with van der Waals surface area (Å²) in [6, 6.07) is 4.09. The SMILES string of the molecule is CC(C)(C)N1CCN(Cc2ccc(C=CC(=O)O)s2)CC1. The molecule has 0 atom stereocenters. The minimum atomic E-state index is -0.900. The van der Waals surface area contributed by atoms with Crippen LogP contribution in [0.25, 0.3) is 6.08 Å². The Morgan fingerprint density at radius 3 is 2.52 bits per heavy atom. The predicted molar refractivity (Wildman–Crippen MR) is 87.6 cm³/mol. The lowest BCUT2D eigenvalue weighted by molar-refractivity contribution is -0.131. The number of rotatable bonds is 4. The van der Waals surface area contributed by atoms with Crippen molar-refractivity contribution in [3.63, 3.8) is 0 Å². The van der Waals surface area contributed by atoms with Gasteiger partial charge < -0.3 is 5.11 Å². The lowest BCUT2D eigenvalue weighted by Gasteiger charge is -2.42. The predicted octanol–water partition coefficient (Wildman–Crippen LogP) is 2.76. The number of carbonyl (C=O) groups is 1. The Kier molecular flexibility index (Phi) is 5.19. The van der Waals surface area contributed by atoms with E-state index in [9.17, 15) is 4.79 Å². The van der Waals surface area contributed by atoms with Gasteiger partial charge in [-0.1, -0.05) is 0 Å². The van der Waals surface area contributed by atoms with E-state index in [1.165, 1.54) is 11.0 Å². The standard InChI is InChI=1S/C16H24N2O2S/c1-16(2,3)18-10-8-17(9-11-18)12-14-5-4-13(21-14)6-7-15(19)20/h4-7H,8-12H2,1-3H3,(H,19,20). The molecule has 1 aromatic heterocycles. The lowest BCUT2D eigenvalue weighted by atomic mass is 10.1. The van der Waals surface area contributed by atoms with Gasteiger partial charge >= 0.3 is 5.97 Å². The Hall–Kier alpha value is -1.17. The normalized spacial score (nSPS) is 18.4. The van der Waals surface area contributed by atoms with Gasteiger partial charge in [0.05, 0.1) is 0 Å². The van der Waals surface area contributed by atoms with Crippen LogP contribution in [0.4, 0.5) is 0 Å². The van der Waals surface area contributed by atoms with Gasteiger partial charge in [0.15, 0.2) is 0 Å². The van der Waals surface area contributed by atoms with Gasteiger partial charge in [0.1, 0.15) is 0 Å². The van der Waals surface area contributed by atoms with E-state index in [1.807, 2.05) is 6.07 Å². The van der Waals surface area contributed by atoms with Gasteiger partial charge in [-0.2, -0.15) is 0 Å². The summed E-state index contributed by atoms with van der Waals surface area (Å²) in [5.41, 5.74) is 0.254. The van der Waals surface area contributed by atoms with Crippen LogP contribution in [0.5, 0.6) is 0 Å². The van der Waals surface area contributed by atoms with Crippen molar-refractivity contribution in [2.45, 2.75) is 32.9 Å². The first-order valence-corrected chi connectivity index (χ1v) is 8.13. The molecule has 0 aromatic carbocycles. The molecular weight excluding hydrogens is 284 g/mol. The molecule has 0 unspecified atom stereocenters. The van der Waals surface area contributed by atoms with Crippen LogP contribution in [0.2, 0.25) is 0 Å². The average Bonchev–Trinajstić information content (AvgIpc) is 2.83. The average molecular weight is 308 g/mol. The minimum absolute atomic E-state index is 0.254. The second kappa shape index (κ2) is 6.73. The third-order valence-corrected chi connectivity index (χ3v) is 4.81. The Morgan fingerprint density at radius 2 is 1.95 bits per heavy atom. The molecule has 116 valence electrons. The smallest absolute Gasteiger partial charge is 0.328 e. The molecule has 2 heterocycles. The number of piperazine rings is 1. The molecule has 0 aliphatic carbocycles. The summed E-state index contributed by atoms with van der Waals surface area (Å²) in [4.78, 5) is 17.8. The maximum Gasteiger partial charge on any atom is 0.328 e. The highest BCUT2D eigenvalue weighted by atomic mass is 32.1. The summed E-state index contributed by atoms with van der Waals surface area (Å²) in [5.74, 6) is -0.900. The third kappa shape index (κ3) is 4.95. The summed E-state index contributed by atoms with van der Waals surface area (Å²) < 4.78 is 0. The third-order valence-electron chi connectivity index (χ3n) is 3.77. The quantitative estimate of drug-likeness (QED) is 0.869. The molecule has 21 heavy (non-hydrogen) atoms. The molecule has 2 rings (SSSR count). The number of nitrogens with zero attached hydrogens (tertiary/aromatic N) is 2. The van der Waals surface area contributed by atoms with E-state index < -0.39 is 5.97 Å². The molecule has 0 saturated carbocycles. The van der Waals surface area contributed by atoms with Gasteiger partial charge in [-0.05, 0) is 39.0 Å². The fourth-order valence-electron chi connectivity index (χ4n) is 2.52. The van der Waals surface area contributed by atoms with Crippen molar-refractivity contribution in [1.82, 2.24) is 9.80 Å². The zero-order valence-corrected chi connectivity index (χ0v) is 13.8. The summed E-state index contributed by atoms with van der Waals surface area (Å²) in [7, 11) is 0. The minimum Gasteiger partial charge on any atom is -0.478 e. The molecular formula is C16H24N2O2S. The number of thiophene rings is 1.